The lowest BCUT2D eigenvalue weighted by Gasteiger charge is -2.34. The van der Waals surface area contributed by atoms with Crippen LogP contribution < -0.4 is 5.32 Å². The number of aromatic nitrogens is 2. The van der Waals surface area contributed by atoms with Crippen molar-refractivity contribution >= 4 is 11.9 Å². The number of likely N-dealkylation sites (tertiary alicyclic amines) is 1. The minimum absolute atomic E-state index is 0.228. The van der Waals surface area contributed by atoms with E-state index in [9.17, 15) is 4.79 Å². The summed E-state index contributed by atoms with van der Waals surface area (Å²) in [5.41, 5.74) is -0.446. The molecular weight excluding hydrogens is 256 g/mol. The zero-order valence-electron chi connectivity index (χ0n) is 12.7. The molecule has 1 fully saturated rings. The second-order valence-electron chi connectivity index (χ2n) is 6.28. The van der Waals surface area contributed by atoms with Crippen LogP contribution >= 0.6 is 0 Å². The van der Waals surface area contributed by atoms with Crippen molar-refractivity contribution in [1.29, 1.82) is 0 Å². The summed E-state index contributed by atoms with van der Waals surface area (Å²) < 4.78 is 7.18. The van der Waals surface area contributed by atoms with E-state index in [2.05, 4.69) is 10.4 Å². The highest BCUT2D eigenvalue weighted by atomic mass is 16.6. The lowest BCUT2D eigenvalue weighted by molar-refractivity contribution is 0.0206. The van der Waals surface area contributed by atoms with Crippen LogP contribution in [0.3, 0.4) is 0 Å². The van der Waals surface area contributed by atoms with Crippen LogP contribution in [0.5, 0.6) is 0 Å². The molecule has 1 aromatic rings. The number of anilines is 1. The van der Waals surface area contributed by atoms with Crippen LogP contribution in [-0.4, -0.2) is 45.5 Å². The van der Waals surface area contributed by atoms with E-state index >= 15 is 0 Å². The second-order valence-corrected chi connectivity index (χ2v) is 6.28. The molecule has 1 aromatic heterocycles. The summed E-state index contributed by atoms with van der Waals surface area (Å²) in [5.74, 6) is 0.850. The van der Waals surface area contributed by atoms with Crippen LogP contribution in [0.4, 0.5) is 10.6 Å². The number of nitrogens with one attached hydrogen (secondary N) is 1. The number of aryl methyl sites for hydroxylation is 1. The number of piperidine rings is 1. The molecule has 6 heteroatoms. The minimum Gasteiger partial charge on any atom is -0.444 e. The molecule has 1 aliphatic rings. The summed E-state index contributed by atoms with van der Waals surface area (Å²) in [6, 6.07) is 2.16. The maximum Gasteiger partial charge on any atom is 0.410 e. The van der Waals surface area contributed by atoms with Crippen LogP contribution in [0, 0.1) is 0 Å². The Labute approximate surface area is 120 Å². The fourth-order valence-electron chi connectivity index (χ4n) is 2.29. The van der Waals surface area contributed by atoms with Gasteiger partial charge < -0.3 is 15.0 Å². The van der Waals surface area contributed by atoms with Crippen molar-refractivity contribution in [3.05, 3.63) is 12.3 Å². The number of nitrogens with zero attached hydrogens (tertiary/aromatic N) is 3. The summed E-state index contributed by atoms with van der Waals surface area (Å²) in [6.07, 6.45) is 3.68. The summed E-state index contributed by atoms with van der Waals surface area (Å²) in [7, 11) is 1.89. The van der Waals surface area contributed by atoms with Crippen molar-refractivity contribution in [2.45, 2.75) is 45.3 Å². The molecule has 2 rings (SSSR count). The average molecular weight is 280 g/mol. The van der Waals surface area contributed by atoms with E-state index in [1.54, 1.807) is 9.58 Å². The van der Waals surface area contributed by atoms with Gasteiger partial charge in [0.05, 0.1) is 0 Å². The number of amides is 1. The van der Waals surface area contributed by atoms with Gasteiger partial charge in [-0.2, -0.15) is 5.10 Å². The van der Waals surface area contributed by atoms with Crippen molar-refractivity contribution in [2.24, 2.45) is 7.05 Å². The van der Waals surface area contributed by atoms with Crippen LogP contribution in [0.25, 0.3) is 0 Å². The number of carbonyl (C=O) groups is 1. The van der Waals surface area contributed by atoms with Gasteiger partial charge in [-0.1, -0.05) is 0 Å². The molecule has 1 unspecified atom stereocenters. The average Bonchev–Trinajstić information content (AvgIpc) is 2.73. The molecule has 1 atom stereocenters. The molecule has 0 radical (unpaired) electrons. The van der Waals surface area contributed by atoms with E-state index in [0.717, 1.165) is 25.2 Å². The van der Waals surface area contributed by atoms with E-state index < -0.39 is 5.60 Å². The second kappa shape index (κ2) is 5.73. The molecular formula is C14H24N4O2. The highest BCUT2D eigenvalue weighted by molar-refractivity contribution is 5.68. The van der Waals surface area contributed by atoms with Crippen molar-refractivity contribution in [3.8, 4) is 0 Å². The fraction of sp³-hybridized carbons (Fsp3) is 0.714. The first-order chi connectivity index (χ1) is 9.33. The Balaban J connectivity index is 1.90. The molecule has 0 saturated carbocycles. The molecule has 0 aromatic carbocycles. The smallest absolute Gasteiger partial charge is 0.410 e. The van der Waals surface area contributed by atoms with Gasteiger partial charge in [0.2, 0.25) is 0 Å². The van der Waals surface area contributed by atoms with E-state index in [1.807, 2.05) is 40.1 Å². The third-order valence-corrected chi connectivity index (χ3v) is 3.14. The van der Waals surface area contributed by atoms with Gasteiger partial charge in [-0.3, -0.25) is 4.68 Å². The Morgan fingerprint density at radius 1 is 1.50 bits per heavy atom. The van der Waals surface area contributed by atoms with E-state index in [1.165, 1.54) is 0 Å². The predicted octanol–water partition coefficient (Wildman–Crippen LogP) is 2.23. The summed E-state index contributed by atoms with van der Waals surface area (Å²) >= 11 is 0. The summed E-state index contributed by atoms with van der Waals surface area (Å²) in [5, 5.41) is 7.67. The number of hydrogen-bond donors (Lipinski definition) is 1. The SMILES string of the molecule is Cn1ccc(NC2CCCN(C(=O)OC(C)(C)C)C2)n1. The molecule has 6 nitrogen and oxygen atoms in total. The Morgan fingerprint density at radius 3 is 2.85 bits per heavy atom. The lowest BCUT2D eigenvalue weighted by atomic mass is 10.1. The highest BCUT2D eigenvalue weighted by Gasteiger charge is 2.27. The fourth-order valence-corrected chi connectivity index (χ4v) is 2.29. The molecule has 1 aliphatic heterocycles. The van der Waals surface area contributed by atoms with Crippen LogP contribution in [-0.2, 0) is 11.8 Å². The van der Waals surface area contributed by atoms with E-state index in [4.69, 9.17) is 4.74 Å². The van der Waals surface area contributed by atoms with Gasteiger partial charge in [0.25, 0.3) is 0 Å². The Hall–Kier alpha value is -1.72. The van der Waals surface area contributed by atoms with Gasteiger partial charge in [-0.05, 0) is 33.6 Å². The van der Waals surface area contributed by atoms with Crippen molar-refractivity contribution in [3.63, 3.8) is 0 Å². The number of rotatable bonds is 2. The summed E-state index contributed by atoms with van der Waals surface area (Å²) in [6.45, 7) is 7.08. The molecule has 20 heavy (non-hydrogen) atoms. The summed E-state index contributed by atoms with van der Waals surface area (Å²) in [4.78, 5) is 13.8. The van der Waals surface area contributed by atoms with Gasteiger partial charge >= 0.3 is 6.09 Å². The Kier molecular flexibility index (Phi) is 4.20. The standard InChI is InChI=1S/C14H24N4O2/c1-14(2,3)20-13(19)18-8-5-6-11(10-18)15-12-7-9-17(4)16-12/h7,9,11H,5-6,8,10H2,1-4H3,(H,15,16). The first-order valence-electron chi connectivity index (χ1n) is 7.07. The normalized spacial score (nSPS) is 19.8. The first kappa shape index (κ1) is 14.7. The number of hydrogen-bond acceptors (Lipinski definition) is 4. The zero-order valence-corrected chi connectivity index (χ0v) is 12.7. The zero-order chi connectivity index (χ0) is 14.8. The predicted molar refractivity (Wildman–Crippen MR) is 77.7 cm³/mol. The third-order valence-electron chi connectivity index (χ3n) is 3.14. The number of ether oxygens (including phenoxy) is 1. The van der Waals surface area contributed by atoms with Crippen molar-refractivity contribution in [2.75, 3.05) is 18.4 Å². The van der Waals surface area contributed by atoms with Crippen molar-refractivity contribution < 1.29 is 9.53 Å². The molecule has 0 spiro atoms. The lowest BCUT2D eigenvalue weighted by Crippen LogP contribution is -2.47. The van der Waals surface area contributed by atoms with Crippen LogP contribution in [0.1, 0.15) is 33.6 Å². The van der Waals surface area contributed by atoms with E-state index in [0.29, 0.717) is 6.54 Å². The Morgan fingerprint density at radius 2 is 2.25 bits per heavy atom. The number of carbonyl (C=O) groups excluding carboxylic acids is 1. The molecule has 0 aliphatic carbocycles. The van der Waals surface area contributed by atoms with Gasteiger partial charge in [0, 0.05) is 38.4 Å². The van der Waals surface area contributed by atoms with Crippen molar-refractivity contribution in [1.82, 2.24) is 14.7 Å². The maximum atomic E-state index is 12.1. The maximum absolute atomic E-state index is 12.1. The van der Waals surface area contributed by atoms with Crippen LogP contribution in [0.15, 0.2) is 12.3 Å². The van der Waals surface area contributed by atoms with Gasteiger partial charge in [-0.15, -0.1) is 0 Å². The Bertz CT molecular complexity index is 464. The van der Waals surface area contributed by atoms with Crippen LogP contribution in [0.2, 0.25) is 0 Å². The monoisotopic (exact) mass is 280 g/mol. The molecule has 1 N–H and O–H groups in total. The van der Waals surface area contributed by atoms with Gasteiger partial charge in [0.1, 0.15) is 11.4 Å². The molecule has 1 saturated heterocycles. The minimum atomic E-state index is -0.446. The molecule has 1 amide bonds. The molecule has 2 heterocycles. The van der Waals surface area contributed by atoms with Gasteiger partial charge in [0.15, 0.2) is 0 Å². The third kappa shape index (κ3) is 4.15. The topological polar surface area (TPSA) is 59.4 Å². The quantitative estimate of drug-likeness (QED) is 0.902. The van der Waals surface area contributed by atoms with Gasteiger partial charge in [-0.25, -0.2) is 4.79 Å². The first-order valence-corrected chi connectivity index (χ1v) is 7.07. The highest BCUT2D eigenvalue weighted by Crippen LogP contribution is 2.17. The molecule has 112 valence electrons. The van der Waals surface area contributed by atoms with E-state index in [-0.39, 0.29) is 12.1 Å². The molecule has 0 bridgehead atoms. The largest absolute Gasteiger partial charge is 0.444 e.